The van der Waals surface area contributed by atoms with Crippen LogP contribution in [0.5, 0.6) is 17.2 Å². The van der Waals surface area contributed by atoms with Crippen LogP contribution in [-0.4, -0.2) is 7.11 Å². The minimum atomic E-state index is 0.369. The van der Waals surface area contributed by atoms with Crippen molar-refractivity contribution in [3.8, 4) is 29.4 Å². The van der Waals surface area contributed by atoms with Gasteiger partial charge in [-0.2, -0.15) is 10.5 Å². The Labute approximate surface area is 191 Å². The fourth-order valence-electron chi connectivity index (χ4n) is 2.51. The van der Waals surface area contributed by atoms with E-state index in [0.717, 1.165) is 11.1 Å². The quantitative estimate of drug-likeness (QED) is 0.419. The molecule has 0 N–H and O–H groups in total. The van der Waals surface area contributed by atoms with E-state index in [1.54, 1.807) is 49.6 Å². The summed E-state index contributed by atoms with van der Waals surface area (Å²) < 4.78 is 17.0. The summed E-state index contributed by atoms with van der Waals surface area (Å²) >= 11 is 0. The first-order valence-electron chi connectivity index (χ1n) is 10.6. The van der Waals surface area contributed by atoms with Crippen LogP contribution in [0.25, 0.3) is 0 Å². The van der Waals surface area contributed by atoms with E-state index in [1.807, 2.05) is 52.0 Å². The van der Waals surface area contributed by atoms with Gasteiger partial charge >= 0.3 is 0 Å². The van der Waals surface area contributed by atoms with Gasteiger partial charge < -0.3 is 14.2 Å². The van der Waals surface area contributed by atoms with E-state index in [1.165, 1.54) is 0 Å². The average Bonchev–Trinajstić information content (AvgIpc) is 2.89. The van der Waals surface area contributed by atoms with Gasteiger partial charge in [0.1, 0.15) is 30.5 Å². The lowest BCUT2D eigenvalue weighted by atomic mass is 10.1. The van der Waals surface area contributed by atoms with Crippen molar-refractivity contribution in [2.75, 3.05) is 7.11 Å². The molecule has 0 unspecified atom stereocenters. The maximum absolute atomic E-state index is 8.86. The Morgan fingerprint density at radius 3 is 1.25 bits per heavy atom. The van der Waals surface area contributed by atoms with Crippen LogP contribution >= 0.6 is 0 Å². The highest BCUT2D eigenvalue weighted by Gasteiger charge is 2.05. The lowest BCUT2D eigenvalue weighted by molar-refractivity contribution is 0.286. The third-order valence-corrected chi connectivity index (χ3v) is 4.07. The maximum atomic E-state index is 8.86. The topological polar surface area (TPSA) is 75.3 Å². The first kappa shape index (κ1) is 26.1. The van der Waals surface area contributed by atoms with Crippen LogP contribution in [0.4, 0.5) is 0 Å². The Bertz CT molecular complexity index is 935. The van der Waals surface area contributed by atoms with Crippen LogP contribution in [0.1, 0.15) is 49.9 Å². The van der Waals surface area contributed by atoms with Crippen molar-refractivity contribution in [1.82, 2.24) is 0 Å². The predicted octanol–water partition coefficient (Wildman–Crippen LogP) is 6.65. The molecule has 166 valence electrons. The van der Waals surface area contributed by atoms with Gasteiger partial charge in [-0.25, -0.2) is 0 Å². The number of methoxy groups -OCH3 is 1. The van der Waals surface area contributed by atoms with E-state index in [9.17, 15) is 0 Å². The minimum absolute atomic E-state index is 0.369. The van der Waals surface area contributed by atoms with Crippen molar-refractivity contribution < 1.29 is 14.2 Å². The zero-order valence-corrected chi connectivity index (χ0v) is 19.4. The number of hydrogen-bond donors (Lipinski definition) is 0. The van der Waals surface area contributed by atoms with Gasteiger partial charge in [0.2, 0.25) is 0 Å². The van der Waals surface area contributed by atoms with E-state index in [4.69, 9.17) is 24.7 Å². The van der Waals surface area contributed by atoms with Gasteiger partial charge in [-0.05, 0) is 35.4 Å². The Hall–Kier alpha value is -3.96. The zero-order chi connectivity index (χ0) is 23.8. The van der Waals surface area contributed by atoms with Crippen molar-refractivity contribution in [2.45, 2.75) is 40.9 Å². The Morgan fingerprint density at radius 2 is 0.938 bits per heavy atom. The molecule has 0 bridgehead atoms. The van der Waals surface area contributed by atoms with Crippen molar-refractivity contribution >= 4 is 0 Å². The molecule has 3 rings (SSSR count). The third-order valence-electron chi connectivity index (χ3n) is 4.07. The van der Waals surface area contributed by atoms with Crippen molar-refractivity contribution in [3.05, 3.63) is 89.0 Å². The molecule has 0 aliphatic heterocycles. The summed E-state index contributed by atoms with van der Waals surface area (Å²) in [5, 5.41) is 17.7. The highest BCUT2D eigenvalue weighted by atomic mass is 16.5. The molecule has 0 atom stereocenters. The monoisotopic (exact) mass is 430 g/mol. The van der Waals surface area contributed by atoms with Crippen LogP contribution in [-0.2, 0) is 13.2 Å². The molecular weight excluding hydrogens is 400 g/mol. The summed E-state index contributed by atoms with van der Waals surface area (Å²) in [6, 6.07) is 24.1. The van der Waals surface area contributed by atoms with E-state index < -0.39 is 0 Å². The van der Waals surface area contributed by atoms with Crippen molar-refractivity contribution in [1.29, 1.82) is 10.5 Å². The van der Waals surface area contributed by atoms with Crippen LogP contribution < -0.4 is 14.2 Å². The molecule has 0 aromatic heterocycles. The molecule has 0 aliphatic rings. The summed E-state index contributed by atoms with van der Waals surface area (Å²) in [5.41, 5.74) is 3.15. The zero-order valence-electron chi connectivity index (χ0n) is 19.4. The molecule has 32 heavy (non-hydrogen) atoms. The van der Waals surface area contributed by atoms with Gasteiger partial charge in [-0.3, -0.25) is 0 Å². The van der Waals surface area contributed by atoms with Crippen LogP contribution in [0.15, 0.2) is 66.7 Å². The normalized spacial score (nSPS) is 8.97. The molecule has 0 heterocycles. The van der Waals surface area contributed by atoms with E-state index in [0.29, 0.717) is 41.6 Å². The molecule has 0 saturated carbocycles. The Balaban J connectivity index is 0.00000121. The lowest BCUT2D eigenvalue weighted by Crippen LogP contribution is -1.99. The van der Waals surface area contributed by atoms with E-state index >= 15 is 0 Å². The first-order chi connectivity index (χ1) is 15.7. The third kappa shape index (κ3) is 8.42. The van der Waals surface area contributed by atoms with Gasteiger partial charge in [0.25, 0.3) is 0 Å². The Kier molecular flexibility index (Phi) is 12.2. The molecule has 0 amide bonds. The van der Waals surface area contributed by atoms with Crippen LogP contribution in [0.3, 0.4) is 0 Å². The summed E-state index contributed by atoms with van der Waals surface area (Å²) in [6.45, 7) is 8.74. The van der Waals surface area contributed by atoms with Crippen LogP contribution in [0.2, 0.25) is 0 Å². The maximum Gasteiger partial charge on any atom is 0.127 e. The van der Waals surface area contributed by atoms with Gasteiger partial charge in [0, 0.05) is 18.2 Å². The van der Waals surface area contributed by atoms with Crippen LogP contribution in [0, 0.1) is 22.7 Å². The molecule has 0 fully saturated rings. The molecule has 5 heteroatoms. The van der Waals surface area contributed by atoms with Gasteiger partial charge in [0.15, 0.2) is 0 Å². The number of nitrogens with zero attached hydrogens (tertiary/aromatic N) is 2. The fourth-order valence-corrected chi connectivity index (χ4v) is 2.51. The summed E-state index contributed by atoms with van der Waals surface area (Å²) in [4.78, 5) is 0. The second kappa shape index (κ2) is 14.9. The Morgan fingerprint density at radius 1 is 0.594 bits per heavy atom. The van der Waals surface area contributed by atoms with Crippen molar-refractivity contribution in [3.63, 3.8) is 0 Å². The standard InChI is InChI=1S/C23H18N2O3.2C2H6/c1-26-21-10-22(27-15-19-6-2-17(13-24)3-7-19)12-23(11-21)28-16-20-8-4-18(14-25)5-9-20;2*1-2/h2-12H,15-16H2,1H3;2*1-2H3. The molecule has 0 spiro atoms. The lowest BCUT2D eigenvalue weighted by Gasteiger charge is -2.12. The highest BCUT2D eigenvalue weighted by molar-refractivity contribution is 5.42. The number of nitriles is 2. The van der Waals surface area contributed by atoms with Gasteiger partial charge in [-0.15, -0.1) is 0 Å². The molecule has 5 nitrogen and oxygen atoms in total. The van der Waals surface area contributed by atoms with E-state index in [2.05, 4.69) is 12.1 Å². The average molecular weight is 431 g/mol. The SMILES string of the molecule is CC.CC.COc1cc(OCc2ccc(C#N)cc2)cc(OCc2ccc(C#N)cc2)c1. The number of rotatable bonds is 7. The molecule has 0 aliphatic carbocycles. The summed E-state index contributed by atoms with van der Waals surface area (Å²) in [5.74, 6) is 1.88. The number of benzene rings is 3. The second-order valence-electron chi connectivity index (χ2n) is 6.04. The number of ether oxygens (including phenoxy) is 3. The molecule has 3 aromatic carbocycles. The molecular formula is C27H30N2O3. The largest absolute Gasteiger partial charge is 0.496 e. The van der Waals surface area contributed by atoms with Gasteiger partial charge in [-0.1, -0.05) is 52.0 Å². The first-order valence-corrected chi connectivity index (χ1v) is 10.6. The smallest absolute Gasteiger partial charge is 0.127 e. The molecule has 0 saturated heterocycles. The fraction of sp³-hybridized carbons (Fsp3) is 0.259. The molecule has 0 radical (unpaired) electrons. The van der Waals surface area contributed by atoms with E-state index in [-0.39, 0.29) is 0 Å². The molecule has 3 aromatic rings. The summed E-state index contributed by atoms with van der Waals surface area (Å²) in [6.07, 6.45) is 0. The van der Waals surface area contributed by atoms with Gasteiger partial charge in [0.05, 0.1) is 30.4 Å². The summed E-state index contributed by atoms with van der Waals surface area (Å²) in [7, 11) is 1.59. The number of hydrogen-bond acceptors (Lipinski definition) is 5. The van der Waals surface area contributed by atoms with Crippen molar-refractivity contribution in [2.24, 2.45) is 0 Å². The minimum Gasteiger partial charge on any atom is -0.496 e. The predicted molar refractivity (Wildman–Crippen MR) is 127 cm³/mol. The highest BCUT2D eigenvalue weighted by Crippen LogP contribution is 2.29. The second-order valence-corrected chi connectivity index (χ2v) is 6.04.